The van der Waals surface area contributed by atoms with Gasteiger partial charge in [-0.05, 0) is 25.5 Å². The third-order valence-electron chi connectivity index (χ3n) is 4.84. The first kappa shape index (κ1) is 20.9. The maximum Gasteiger partial charge on any atom is 0.355 e. The van der Waals surface area contributed by atoms with Crippen molar-refractivity contribution in [2.75, 3.05) is 28.4 Å². The molecule has 0 aromatic rings. The van der Waals surface area contributed by atoms with Crippen LogP contribution in [-0.4, -0.2) is 62.8 Å². The molecule has 2 rings (SSSR count). The first-order chi connectivity index (χ1) is 13.2. The van der Waals surface area contributed by atoms with Gasteiger partial charge in [0, 0.05) is 6.20 Å². The number of ether oxygens (including phenoxy) is 4. The van der Waals surface area contributed by atoms with E-state index in [0.29, 0.717) is 5.57 Å². The summed E-state index contributed by atoms with van der Waals surface area (Å²) in [6.07, 6.45) is 4.85. The van der Waals surface area contributed by atoms with Crippen LogP contribution < -0.4 is 0 Å². The van der Waals surface area contributed by atoms with Gasteiger partial charge in [0.05, 0.1) is 45.1 Å². The normalized spacial score (nSPS) is 20.9. The molecule has 0 saturated carbocycles. The van der Waals surface area contributed by atoms with E-state index in [2.05, 4.69) is 0 Å². The average Bonchev–Trinajstić information content (AvgIpc) is 2.70. The van der Waals surface area contributed by atoms with Crippen LogP contribution in [0.15, 0.2) is 46.3 Å². The molecular formula is C19H21NO8. The van der Waals surface area contributed by atoms with E-state index >= 15 is 0 Å². The number of rotatable bonds is 4. The van der Waals surface area contributed by atoms with Gasteiger partial charge in [-0.1, -0.05) is 6.08 Å². The summed E-state index contributed by atoms with van der Waals surface area (Å²) in [6.45, 7) is 3.33. The highest BCUT2D eigenvalue weighted by Gasteiger charge is 2.53. The van der Waals surface area contributed by atoms with Crippen LogP contribution in [0.1, 0.15) is 13.8 Å². The molecule has 0 radical (unpaired) electrons. The Bertz CT molecular complexity index is 876. The van der Waals surface area contributed by atoms with Crippen LogP contribution in [0.3, 0.4) is 0 Å². The molecule has 1 unspecified atom stereocenters. The number of allylic oxidation sites excluding steroid dienone is 2. The molecular weight excluding hydrogens is 370 g/mol. The average molecular weight is 391 g/mol. The summed E-state index contributed by atoms with van der Waals surface area (Å²) in [6, 6.07) is 0. The molecule has 150 valence electrons. The molecule has 0 aromatic carbocycles. The molecule has 28 heavy (non-hydrogen) atoms. The minimum atomic E-state index is -1.31. The van der Waals surface area contributed by atoms with Crippen molar-refractivity contribution in [3.8, 4) is 0 Å². The lowest BCUT2D eigenvalue weighted by Crippen LogP contribution is -2.54. The molecule has 0 spiro atoms. The quantitative estimate of drug-likeness (QED) is 0.507. The van der Waals surface area contributed by atoms with Gasteiger partial charge in [0.2, 0.25) is 0 Å². The number of hydrogen-bond acceptors (Lipinski definition) is 9. The molecule has 0 saturated heterocycles. The Morgan fingerprint density at radius 2 is 1.32 bits per heavy atom. The van der Waals surface area contributed by atoms with E-state index in [1.807, 2.05) is 0 Å². The van der Waals surface area contributed by atoms with Crippen molar-refractivity contribution in [1.82, 2.24) is 4.90 Å². The third-order valence-corrected chi connectivity index (χ3v) is 4.84. The fourth-order valence-corrected chi connectivity index (χ4v) is 3.30. The predicted octanol–water partition coefficient (Wildman–Crippen LogP) is 0.777. The van der Waals surface area contributed by atoms with E-state index in [1.54, 1.807) is 26.0 Å². The monoisotopic (exact) mass is 391 g/mol. The lowest BCUT2D eigenvalue weighted by molar-refractivity contribution is -0.144. The Morgan fingerprint density at radius 3 is 1.82 bits per heavy atom. The van der Waals surface area contributed by atoms with Crippen LogP contribution in [-0.2, 0) is 38.1 Å². The minimum Gasteiger partial charge on any atom is -0.466 e. The molecule has 2 heterocycles. The van der Waals surface area contributed by atoms with Crippen LogP contribution in [0.4, 0.5) is 0 Å². The van der Waals surface area contributed by atoms with Gasteiger partial charge in [0.15, 0.2) is 0 Å². The Kier molecular flexibility index (Phi) is 5.77. The van der Waals surface area contributed by atoms with Crippen LogP contribution in [0.2, 0.25) is 0 Å². The molecule has 9 heteroatoms. The molecule has 0 aliphatic carbocycles. The van der Waals surface area contributed by atoms with Crippen molar-refractivity contribution in [2.45, 2.75) is 19.4 Å². The summed E-state index contributed by atoms with van der Waals surface area (Å²) in [5, 5.41) is 0. The van der Waals surface area contributed by atoms with Gasteiger partial charge >= 0.3 is 23.9 Å². The first-order valence-corrected chi connectivity index (χ1v) is 8.18. The maximum absolute atomic E-state index is 12.7. The molecule has 0 N–H and O–H groups in total. The van der Waals surface area contributed by atoms with Gasteiger partial charge < -0.3 is 23.8 Å². The highest BCUT2D eigenvalue weighted by Crippen LogP contribution is 2.46. The molecule has 0 bridgehead atoms. The Morgan fingerprint density at radius 1 is 0.821 bits per heavy atom. The van der Waals surface area contributed by atoms with Crippen molar-refractivity contribution in [3.63, 3.8) is 0 Å². The number of esters is 4. The molecule has 2 aliphatic heterocycles. The summed E-state index contributed by atoms with van der Waals surface area (Å²) >= 11 is 0. The lowest BCUT2D eigenvalue weighted by atomic mass is 9.74. The second-order valence-electron chi connectivity index (χ2n) is 6.07. The van der Waals surface area contributed by atoms with Gasteiger partial charge in [0.25, 0.3) is 0 Å². The second kappa shape index (κ2) is 7.71. The molecule has 0 amide bonds. The predicted molar refractivity (Wildman–Crippen MR) is 95.3 cm³/mol. The second-order valence-corrected chi connectivity index (χ2v) is 6.07. The van der Waals surface area contributed by atoms with Gasteiger partial charge in [-0.25, -0.2) is 19.2 Å². The largest absolute Gasteiger partial charge is 0.466 e. The van der Waals surface area contributed by atoms with E-state index in [9.17, 15) is 19.2 Å². The number of hydrogen-bond donors (Lipinski definition) is 0. The lowest BCUT2D eigenvalue weighted by Gasteiger charge is -2.47. The van der Waals surface area contributed by atoms with Crippen molar-refractivity contribution >= 4 is 23.9 Å². The highest BCUT2D eigenvalue weighted by atomic mass is 16.5. The summed E-state index contributed by atoms with van der Waals surface area (Å²) in [5.41, 5.74) is -1.97. The Labute approximate surface area is 161 Å². The molecule has 2 aliphatic rings. The van der Waals surface area contributed by atoms with Crippen LogP contribution in [0.5, 0.6) is 0 Å². The van der Waals surface area contributed by atoms with Crippen molar-refractivity contribution in [2.24, 2.45) is 0 Å². The van der Waals surface area contributed by atoms with Crippen molar-refractivity contribution in [3.05, 3.63) is 46.3 Å². The van der Waals surface area contributed by atoms with E-state index < -0.39 is 40.6 Å². The molecule has 0 fully saturated rings. The number of nitrogens with zero attached hydrogens (tertiary/aromatic N) is 1. The van der Waals surface area contributed by atoms with Crippen LogP contribution in [0.25, 0.3) is 0 Å². The van der Waals surface area contributed by atoms with Gasteiger partial charge in [-0.2, -0.15) is 0 Å². The summed E-state index contributed by atoms with van der Waals surface area (Å²) in [4.78, 5) is 52.0. The highest BCUT2D eigenvalue weighted by molar-refractivity contribution is 6.17. The zero-order chi connectivity index (χ0) is 21.2. The standard InChI is InChI=1S/C19H21NO8/c1-10-8-7-9-20-14(18(24)28-6)12(16(22)26-4)11(15(21)25-3)13(17(23)27-5)19(10,20)2/h7-9H,1-6H3. The summed E-state index contributed by atoms with van der Waals surface area (Å²) in [5.74, 6) is -3.76. The van der Waals surface area contributed by atoms with E-state index in [0.717, 1.165) is 28.4 Å². The summed E-state index contributed by atoms with van der Waals surface area (Å²) in [7, 11) is 4.46. The SMILES string of the molecule is COC(=O)C1=C(C(=O)OC)N2C=CC=C(C)C2(C)C(C(=O)OC)=C1C(=O)OC. The minimum absolute atomic E-state index is 0.159. The number of fused-ring (bicyclic) bond motifs is 1. The van der Waals surface area contributed by atoms with Crippen LogP contribution in [0, 0.1) is 0 Å². The number of carbonyl (C=O) groups excluding carboxylic acids is 4. The van der Waals surface area contributed by atoms with E-state index in [4.69, 9.17) is 18.9 Å². The molecule has 0 aromatic heterocycles. The van der Waals surface area contributed by atoms with Crippen LogP contribution >= 0.6 is 0 Å². The first-order valence-electron chi connectivity index (χ1n) is 8.18. The van der Waals surface area contributed by atoms with E-state index in [1.165, 1.54) is 11.1 Å². The molecule has 1 atom stereocenters. The summed E-state index contributed by atoms with van der Waals surface area (Å²) < 4.78 is 19.3. The zero-order valence-corrected chi connectivity index (χ0v) is 16.4. The zero-order valence-electron chi connectivity index (χ0n) is 16.4. The van der Waals surface area contributed by atoms with Crippen molar-refractivity contribution in [1.29, 1.82) is 0 Å². The fourth-order valence-electron chi connectivity index (χ4n) is 3.30. The Balaban J connectivity index is 3.10. The van der Waals surface area contributed by atoms with E-state index in [-0.39, 0.29) is 11.3 Å². The van der Waals surface area contributed by atoms with Gasteiger partial charge in [0.1, 0.15) is 11.3 Å². The number of methoxy groups -OCH3 is 4. The molecule has 9 nitrogen and oxygen atoms in total. The number of carbonyl (C=O) groups is 4. The fraction of sp³-hybridized carbons (Fsp3) is 0.368. The third kappa shape index (κ3) is 2.88. The van der Waals surface area contributed by atoms with Gasteiger partial charge in [-0.3, -0.25) is 0 Å². The Hall–Kier alpha value is -3.36. The topological polar surface area (TPSA) is 108 Å². The van der Waals surface area contributed by atoms with Crippen molar-refractivity contribution < 1.29 is 38.1 Å². The maximum atomic E-state index is 12.7. The smallest absolute Gasteiger partial charge is 0.355 e. The van der Waals surface area contributed by atoms with Gasteiger partial charge in [-0.15, -0.1) is 0 Å².